The highest BCUT2D eigenvalue weighted by molar-refractivity contribution is 5.77. The molecule has 1 aliphatic heterocycles. The highest BCUT2D eigenvalue weighted by Gasteiger charge is 2.25. The minimum Gasteiger partial charge on any atom is -0.342 e. The molecule has 3 rings (SSSR count). The van der Waals surface area contributed by atoms with Crippen molar-refractivity contribution in [2.24, 2.45) is 5.92 Å². The lowest BCUT2D eigenvalue weighted by atomic mass is 9.92. The number of benzene rings is 2. The van der Waals surface area contributed by atoms with Crippen molar-refractivity contribution < 1.29 is 4.79 Å². The van der Waals surface area contributed by atoms with Crippen LogP contribution in [-0.2, 0) is 17.8 Å². The van der Waals surface area contributed by atoms with Gasteiger partial charge in [0.15, 0.2) is 0 Å². The topological polar surface area (TPSA) is 23.6 Å². The fourth-order valence-electron chi connectivity index (χ4n) is 3.71. The third kappa shape index (κ3) is 5.70. The van der Waals surface area contributed by atoms with Crippen molar-refractivity contribution in [1.29, 1.82) is 0 Å². The van der Waals surface area contributed by atoms with Crippen molar-refractivity contribution in [3.8, 4) is 0 Å². The molecule has 0 aliphatic carbocycles. The normalized spacial score (nSPS) is 17.7. The van der Waals surface area contributed by atoms with Gasteiger partial charge in [0.2, 0.25) is 5.91 Å². The molecule has 0 radical (unpaired) electrons. The van der Waals surface area contributed by atoms with Crippen LogP contribution in [0.3, 0.4) is 0 Å². The molecule has 3 heteroatoms. The molecule has 1 heterocycles. The lowest BCUT2D eigenvalue weighted by molar-refractivity contribution is -0.135. The molecule has 1 fully saturated rings. The number of piperidine rings is 1. The van der Waals surface area contributed by atoms with Crippen LogP contribution in [0.4, 0.5) is 0 Å². The molecule has 0 unspecified atom stereocenters. The van der Waals surface area contributed by atoms with Gasteiger partial charge in [0.25, 0.3) is 0 Å². The number of likely N-dealkylation sites (tertiary alicyclic amines) is 1. The summed E-state index contributed by atoms with van der Waals surface area (Å²) in [7, 11) is 2.17. The van der Waals surface area contributed by atoms with Crippen molar-refractivity contribution in [3.05, 3.63) is 71.8 Å². The minimum absolute atomic E-state index is 0.336. The number of rotatable bonds is 8. The maximum atomic E-state index is 12.5. The zero-order chi connectivity index (χ0) is 18.2. The monoisotopic (exact) mass is 350 g/mol. The summed E-state index contributed by atoms with van der Waals surface area (Å²) < 4.78 is 0. The summed E-state index contributed by atoms with van der Waals surface area (Å²) in [6.07, 6.45) is 3.92. The lowest BCUT2D eigenvalue weighted by Gasteiger charge is -2.32. The summed E-state index contributed by atoms with van der Waals surface area (Å²) in [5, 5.41) is 0. The maximum absolute atomic E-state index is 12.5. The molecule has 138 valence electrons. The van der Waals surface area contributed by atoms with E-state index in [0.717, 1.165) is 45.4 Å². The van der Waals surface area contributed by atoms with E-state index in [1.165, 1.54) is 11.1 Å². The van der Waals surface area contributed by atoms with Gasteiger partial charge in [0.1, 0.15) is 0 Å². The lowest BCUT2D eigenvalue weighted by Crippen LogP contribution is -2.40. The Morgan fingerprint density at radius 3 is 2.31 bits per heavy atom. The van der Waals surface area contributed by atoms with Gasteiger partial charge < -0.3 is 9.80 Å². The van der Waals surface area contributed by atoms with E-state index < -0.39 is 0 Å². The van der Waals surface area contributed by atoms with E-state index in [1.807, 2.05) is 6.07 Å². The van der Waals surface area contributed by atoms with Crippen molar-refractivity contribution in [2.45, 2.75) is 32.2 Å². The van der Waals surface area contributed by atoms with Crippen LogP contribution in [0.5, 0.6) is 0 Å². The van der Waals surface area contributed by atoms with Crippen LogP contribution >= 0.6 is 0 Å². The van der Waals surface area contributed by atoms with Gasteiger partial charge in [-0.25, -0.2) is 0 Å². The van der Waals surface area contributed by atoms with Crippen LogP contribution < -0.4 is 0 Å². The molecule has 0 N–H and O–H groups in total. The summed E-state index contributed by atoms with van der Waals surface area (Å²) >= 11 is 0. The Morgan fingerprint density at radius 1 is 1.00 bits per heavy atom. The van der Waals surface area contributed by atoms with Crippen LogP contribution in [0.15, 0.2) is 60.7 Å². The van der Waals surface area contributed by atoms with Gasteiger partial charge in [-0.15, -0.1) is 0 Å². The van der Waals surface area contributed by atoms with Gasteiger partial charge in [-0.2, -0.15) is 0 Å². The number of carbonyl (C=O) groups is 1. The van der Waals surface area contributed by atoms with Crippen LogP contribution in [0.1, 0.15) is 30.4 Å². The predicted octanol–water partition coefficient (Wildman–Crippen LogP) is 3.99. The van der Waals surface area contributed by atoms with Gasteiger partial charge in [-0.1, -0.05) is 60.7 Å². The number of amides is 1. The second kappa shape index (κ2) is 9.54. The molecule has 1 saturated heterocycles. The molecular formula is C23H30N2O. The molecule has 26 heavy (non-hydrogen) atoms. The molecule has 2 aromatic carbocycles. The Balaban J connectivity index is 1.37. The van der Waals surface area contributed by atoms with Crippen molar-refractivity contribution in [3.63, 3.8) is 0 Å². The quantitative estimate of drug-likeness (QED) is 0.719. The smallest absolute Gasteiger partial charge is 0.222 e. The van der Waals surface area contributed by atoms with Gasteiger partial charge >= 0.3 is 0 Å². The molecule has 2 aromatic rings. The molecule has 1 aliphatic rings. The van der Waals surface area contributed by atoms with Crippen LogP contribution in [0, 0.1) is 5.92 Å². The Bertz CT molecular complexity index is 671. The Kier molecular flexibility index (Phi) is 6.84. The SMILES string of the molecule is CN(CC[C@H]1CCN(CCc2ccccc2)C(=O)C1)Cc1ccccc1. The number of hydrogen-bond acceptors (Lipinski definition) is 2. The highest BCUT2D eigenvalue weighted by atomic mass is 16.2. The summed E-state index contributed by atoms with van der Waals surface area (Å²) in [5.41, 5.74) is 2.66. The first-order chi connectivity index (χ1) is 12.7. The first-order valence-electron chi connectivity index (χ1n) is 9.75. The van der Waals surface area contributed by atoms with Gasteiger partial charge in [0.05, 0.1) is 0 Å². The Labute approximate surface area is 157 Å². The largest absolute Gasteiger partial charge is 0.342 e. The second-order valence-electron chi connectivity index (χ2n) is 7.49. The third-order valence-corrected chi connectivity index (χ3v) is 5.35. The molecule has 0 bridgehead atoms. The zero-order valence-corrected chi connectivity index (χ0v) is 15.8. The summed E-state index contributed by atoms with van der Waals surface area (Å²) in [5.74, 6) is 0.872. The van der Waals surface area contributed by atoms with Gasteiger partial charge in [-0.05, 0) is 49.9 Å². The van der Waals surface area contributed by atoms with Gasteiger partial charge in [-0.3, -0.25) is 4.79 Å². The predicted molar refractivity (Wildman–Crippen MR) is 107 cm³/mol. The fourth-order valence-corrected chi connectivity index (χ4v) is 3.71. The molecule has 0 aromatic heterocycles. The van der Waals surface area contributed by atoms with Crippen LogP contribution in [0.2, 0.25) is 0 Å². The Hall–Kier alpha value is -2.13. The summed E-state index contributed by atoms with van der Waals surface area (Å²) in [6.45, 7) is 3.80. The number of hydrogen-bond donors (Lipinski definition) is 0. The van der Waals surface area contributed by atoms with E-state index >= 15 is 0 Å². The van der Waals surface area contributed by atoms with E-state index in [9.17, 15) is 4.79 Å². The first kappa shape index (κ1) is 18.7. The number of carbonyl (C=O) groups excluding carboxylic acids is 1. The van der Waals surface area contributed by atoms with E-state index in [4.69, 9.17) is 0 Å². The Morgan fingerprint density at radius 2 is 1.65 bits per heavy atom. The number of nitrogens with zero attached hydrogens (tertiary/aromatic N) is 2. The third-order valence-electron chi connectivity index (χ3n) is 5.35. The highest BCUT2D eigenvalue weighted by Crippen LogP contribution is 2.22. The summed E-state index contributed by atoms with van der Waals surface area (Å²) in [4.78, 5) is 16.9. The van der Waals surface area contributed by atoms with E-state index in [1.54, 1.807) is 0 Å². The maximum Gasteiger partial charge on any atom is 0.222 e. The van der Waals surface area contributed by atoms with E-state index in [-0.39, 0.29) is 0 Å². The van der Waals surface area contributed by atoms with Crippen molar-refractivity contribution in [1.82, 2.24) is 9.80 Å². The minimum atomic E-state index is 0.336. The molecular weight excluding hydrogens is 320 g/mol. The molecule has 3 nitrogen and oxygen atoms in total. The van der Waals surface area contributed by atoms with E-state index in [2.05, 4.69) is 71.4 Å². The average Bonchev–Trinajstić information content (AvgIpc) is 2.67. The molecule has 1 amide bonds. The molecule has 1 atom stereocenters. The van der Waals surface area contributed by atoms with Gasteiger partial charge in [0, 0.05) is 26.1 Å². The standard InChI is InChI=1S/C23H30N2O/c1-24(19-22-10-6-3-7-11-22)15-12-21-14-17-25(23(26)18-21)16-13-20-8-4-2-5-9-20/h2-11,21H,12-19H2,1H3/t21-/m0/s1. The van der Waals surface area contributed by atoms with Crippen LogP contribution in [-0.4, -0.2) is 42.4 Å². The molecule has 0 spiro atoms. The average molecular weight is 351 g/mol. The molecule has 0 saturated carbocycles. The van der Waals surface area contributed by atoms with Crippen molar-refractivity contribution >= 4 is 5.91 Å². The van der Waals surface area contributed by atoms with Crippen molar-refractivity contribution in [2.75, 3.05) is 26.7 Å². The fraction of sp³-hybridized carbons (Fsp3) is 0.435. The summed E-state index contributed by atoms with van der Waals surface area (Å²) in [6, 6.07) is 21.0. The first-order valence-corrected chi connectivity index (χ1v) is 9.75. The van der Waals surface area contributed by atoms with E-state index in [0.29, 0.717) is 18.2 Å². The zero-order valence-electron chi connectivity index (χ0n) is 15.8. The van der Waals surface area contributed by atoms with Crippen LogP contribution in [0.25, 0.3) is 0 Å². The second-order valence-corrected chi connectivity index (χ2v) is 7.49.